The molecule has 0 aliphatic carbocycles. The van der Waals surface area contributed by atoms with Gasteiger partial charge in [-0.1, -0.05) is 0 Å². The Balaban J connectivity index is 1.80. The van der Waals surface area contributed by atoms with Gasteiger partial charge in [0.2, 0.25) is 5.91 Å². The van der Waals surface area contributed by atoms with Gasteiger partial charge in [0.1, 0.15) is 6.10 Å². The second-order valence-electron chi connectivity index (χ2n) is 5.48. The summed E-state index contributed by atoms with van der Waals surface area (Å²) in [6.07, 6.45) is -0.765. The van der Waals surface area contributed by atoms with Crippen LogP contribution in [0.15, 0.2) is 0 Å². The van der Waals surface area contributed by atoms with Gasteiger partial charge in [-0.2, -0.15) is 0 Å². The van der Waals surface area contributed by atoms with E-state index in [1.165, 1.54) is 0 Å². The predicted octanol–water partition coefficient (Wildman–Crippen LogP) is -0.685. The van der Waals surface area contributed by atoms with Gasteiger partial charge in [0.05, 0.1) is 32.0 Å². The Bertz CT molecular complexity index is 305. The molecule has 6 nitrogen and oxygen atoms in total. The van der Waals surface area contributed by atoms with Gasteiger partial charge in [-0.3, -0.25) is 9.69 Å². The second kappa shape index (κ2) is 6.65. The molecule has 6 heteroatoms. The van der Waals surface area contributed by atoms with E-state index in [0.29, 0.717) is 32.8 Å². The van der Waals surface area contributed by atoms with Crippen molar-refractivity contribution in [3.8, 4) is 0 Å². The third-order valence-corrected chi connectivity index (χ3v) is 3.50. The van der Waals surface area contributed by atoms with E-state index in [1.807, 2.05) is 13.8 Å². The minimum Gasteiger partial charge on any atom is -0.388 e. The summed E-state index contributed by atoms with van der Waals surface area (Å²) in [6, 6.07) is 0. The number of aliphatic hydroxyl groups excluding tert-OH is 1. The van der Waals surface area contributed by atoms with E-state index in [4.69, 9.17) is 9.47 Å². The van der Waals surface area contributed by atoms with E-state index in [0.717, 1.165) is 13.1 Å². The third-order valence-electron chi connectivity index (χ3n) is 3.50. The second-order valence-corrected chi connectivity index (χ2v) is 5.48. The topological polar surface area (TPSA) is 62.2 Å². The largest absolute Gasteiger partial charge is 0.388 e. The minimum absolute atomic E-state index is 0.0638. The van der Waals surface area contributed by atoms with Crippen LogP contribution in [0, 0.1) is 0 Å². The lowest BCUT2D eigenvalue weighted by Crippen LogP contribution is -2.44. The van der Waals surface area contributed by atoms with Crippen molar-refractivity contribution in [1.29, 1.82) is 0 Å². The molecule has 2 atom stereocenters. The highest BCUT2D eigenvalue weighted by molar-refractivity contribution is 5.78. The van der Waals surface area contributed by atoms with Crippen LogP contribution in [-0.4, -0.2) is 85.1 Å². The molecule has 0 unspecified atom stereocenters. The first-order valence-electron chi connectivity index (χ1n) is 6.97. The van der Waals surface area contributed by atoms with Crippen molar-refractivity contribution in [2.75, 3.05) is 45.9 Å². The molecule has 1 N–H and O–H groups in total. The zero-order chi connectivity index (χ0) is 13.8. The Hall–Kier alpha value is -0.690. The number of rotatable bonds is 4. The molecule has 2 rings (SSSR count). The number of morpholine rings is 1. The van der Waals surface area contributed by atoms with E-state index in [2.05, 4.69) is 4.90 Å². The normalized spacial score (nSPS) is 29.2. The van der Waals surface area contributed by atoms with Crippen LogP contribution >= 0.6 is 0 Å². The Morgan fingerprint density at radius 3 is 2.68 bits per heavy atom. The van der Waals surface area contributed by atoms with Crippen LogP contribution in [0.4, 0.5) is 0 Å². The molecule has 0 bridgehead atoms. The summed E-state index contributed by atoms with van der Waals surface area (Å²) in [5, 5.41) is 9.91. The average Bonchev–Trinajstić information content (AvgIpc) is 2.71. The van der Waals surface area contributed by atoms with Crippen LogP contribution in [0.1, 0.15) is 13.8 Å². The van der Waals surface area contributed by atoms with E-state index >= 15 is 0 Å². The number of aliphatic hydroxyl groups is 1. The fourth-order valence-electron chi connectivity index (χ4n) is 2.49. The number of carbonyl (C=O) groups excluding carboxylic acids is 1. The summed E-state index contributed by atoms with van der Waals surface area (Å²) < 4.78 is 10.9. The van der Waals surface area contributed by atoms with Crippen LogP contribution in [0.3, 0.4) is 0 Å². The molecule has 2 aliphatic rings. The van der Waals surface area contributed by atoms with Crippen molar-refractivity contribution >= 4 is 5.91 Å². The molecule has 110 valence electrons. The summed E-state index contributed by atoms with van der Waals surface area (Å²) in [6.45, 7) is 8.12. The Kier molecular flexibility index (Phi) is 5.15. The van der Waals surface area contributed by atoms with Gasteiger partial charge >= 0.3 is 0 Å². The quantitative estimate of drug-likeness (QED) is 0.734. The number of hydrogen-bond acceptors (Lipinski definition) is 5. The zero-order valence-corrected chi connectivity index (χ0v) is 11.7. The van der Waals surface area contributed by atoms with Crippen LogP contribution in [0.2, 0.25) is 0 Å². The smallest absolute Gasteiger partial charge is 0.236 e. The predicted molar refractivity (Wildman–Crippen MR) is 69.9 cm³/mol. The molecule has 0 aromatic carbocycles. The van der Waals surface area contributed by atoms with Crippen molar-refractivity contribution < 1.29 is 19.4 Å². The van der Waals surface area contributed by atoms with Crippen LogP contribution < -0.4 is 0 Å². The van der Waals surface area contributed by atoms with E-state index in [9.17, 15) is 9.90 Å². The highest BCUT2D eigenvalue weighted by atomic mass is 16.5. The fraction of sp³-hybridized carbons (Fsp3) is 0.923. The number of hydrogen-bond donors (Lipinski definition) is 1. The number of amides is 1. The van der Waals surface area contributed by atoms with Gasteiger partial charge in [-0.25, -0.2) is 0 Å². The van der Waals surface area contributed by atoms with Gasteiger partial charge in [0, 0.05) is 26.2 Å². The number of likely N-dealkylation sites (tertiary alicyclic amines) is 1. The number of nitrogens with zero attached hydrogens (tertiary/aromatic N) is 2. The Labute approximate surface area is 114 Å². The van der Waals surface area contributed by atoms with Crippen molar-refractivity contribution in [3.05, 3.63) is 0 Å². The molecule has 19 heavy (non-hydrogen) atoms. The third kappa shape index (κ3) is 4.14. The summed E-state index contributed by atoms with van der Waals surface area (Å²) in [5.74, 6) is 0.0656. The molecule has 0 spiro atoms. The average molecular weight is 272 g/mol. The summed E-state index contributed by atoms with van der Waals surface area (Å²) in [7, 11) is 0. The Morgan fingerprint density at radius 1 is 1.37 bits per heavy atom. The van der Waals surface area contributed by atoms with Crippen LogP contribution in [-0.2, 0) is 14.3 Å². The summed E-state index contributed by atoms with van der Waals surface area (Å²) >= 11 is 0. The van der Waals surface area contributed by atoms with Gasteiger partial charge in [0.15, 0.2) is 0 Å². The maximum absolute atomic E-state index is 12.2. The molecule has 2 fully saturated rings. The minimum atomic E-state index is -0.573. The summed E-state index contributed by atoms with van der Waals surface area (Å²) in [4.78, 5) is 16.0. The summed E-state index contributed by atoms with van der Waals surface area (Å²) in [5.41, 5.74) is 0. The molecule has 0 aromatic rings. The molecular formula is C13H24N2O4. The van der Waals surface area contributed by atoms with Gasteiger partial charge in [0.25, 0.3) is 0 Å². The SMILES string of the molecule is CC(C)O[C@H]1CN(C(=O)CN2CCOCC2)C[C@@H]1O. The number of ether oxygens (including phenoxy) is 2. The highest BCUT2D eigenvalue weighted by Crippen LogP contribution is 2.16. The first kappa shape index (κ1) is 14.7. The zero-order valence-electron chi connectivity index (χ0n) is 11.7. The lowest BCUT2D eigenvalue weighted by atomic mass is 10.2. The van der Waals surface area contributed by atoms with E-state index in [1.54, 1.807) is 4.90 Å². The van der Waals surface area contributed by atoms with Gasteiger partial charge in [-0.05, 0) is 13.8 Å². The molecular weight excluding hydrogens is 248 g/mol. The van der Waals surface area contributed by atoms with E-state index in [-0.39, 0.29) is 18.1 Å². The standard InChI is InChI=1S/C13H24N2O4/c1-10(2)19-12-8-15(7-11(12)16)13(17)9-14-3-5-18-6-4-14/h10-12,16H,3-9H2,1-2H3/t11-,12-/m0/s1. The van der Waals surface area contributed by atoms with Crippen LogP contribution in [0.25, 0.3) is 0 Å². The molecule has 0 aromatic heterocycles. The highest BCUT2D eigenvalue weighted by Gasteiger charge is 2.35. The Morgan fingerprint density at radius 2 is 2.05 bits per heavy atom. The van der Waals surface area contributed by atoms with Crippen LogP contribution in [0.5, 0.6) is 0 Å². The molecule has 1 amide bonds. The molecule has 0 radical (unpaired) electrons. The lowest BCUT2D eigenvalue weighted by molar-refractivity contribution is -0.133. The molecule has 2 aliphatic heterocycles. The monoisotopic (exact) mass is 272 g/mol. The van der Waals surface area contributed by atoms with Crippen molar-refractivity contribution in [1.82, 2.24) is 9.80 Å². The number of β-amino-alcohol motifs (C(OH)–C–C–N with tert-alkyl or cyclic N) is 1. The fourth-order valence-corrected chi connectivity index (χ4v) is 2.49. The van der Waals surface area contributed by atoms with Crippen molar-refractivity contribution in [2.45, 2.75) is 32.2 Å². The van der Waals surface area contributed by atoms with Gasteiger partial charge in [-0.15, -0.1) is 0 Å². The van der Waals surface area contributed by atoms with Crippen molar-refractivity contribution in [2.24, 2.45) is 0 Å². The molecule has 2 saturated heterocycles. The lowest BCUT2D eigenvalue weighted by Gasteiger charge is -2.27. The van der Waals surface area contributed by atoms with Gasteiger partial charge < -0.3 is 19.5 Å². The van der Waals surface area contributed by atoms with Crippen molar-refractivity contribution in [3.63, 3.8) is 0 Å². The maximum Gasteiger partial charge on any atom is 0.236 e. The molecule has 2 heterocycles. The first-order valence-corrected chi connectivity index (χ1v) is 6.97. The number of carbonyl (C=O) groups is 1. The maximum atomic E-state index is 12.2. The van der Waals surface area contributed by atoms with E-state index < -0.39 is 6.10 Å². The molecule has 0 saturated carbocycles. The first-order chi connectivity index (χ1) is 9.06.